The second-order valence-corrected chi connectivity index (χ2v) is 8.40. The molecule has 1 atom stereocenters. The number of unbranched alkanes of at least 4 members (excludes halogenated alkanes) is 8. The Kier molecular flexibility index (Phi) is 17.6. The Morgan fingerprint density at radius 1 is 0.917 bits per heavy atom. The second-order valence-electron chi connectivity index (χ2n) is 6.83. The van der Waals surface area contributed by atoms with E-state index in [0.29, 0.717) is 6.42 Å². The summed E-state index contributed by atoms with van der Waals surface area (Å²) in [6.07, 6.45) is 11.4. The Bertz CT molecular complexity index is 415. The minimum Gasteiger partial charge on any atom is -1.00 e. The van der Waals surface area contributed by atoms with E-state index < -0.39 is 22.0 Å². The van der Waals surface area contributed by atoms with Gasteiger partial charge in [-0.3, -0.25) is 9.35 Å². The van der Waals surface area contributed by atoms with Gasteiger partial charge in [0, 0.05) is 12.8 Å². The summed E-state index contributed by atoms with van der Waals surface area (Å²) in [6, 6.07) is 0. The zero-order valence-electron chi connectivity index (χ0n) is 16.7. The smallest absolute Gasteiger partial charge is 1.00 e. The van der Waals surface area contributed by atoms with E-state index in [0.717, 1.165) is 18.8 Å². The molecule has 2 N–H and O–H groups in total. The Hall–Kier alpha value is 0.540. The summed E-state index contributed by atoms with van der Waals surface area (Å²) >= 11 is 0. The van der Waals surface area contributed by atoms with Gasteiger partial charge in [-0.25, -0.2) is 0 Å². The van der Waals surface area contributed by atoms with Gasteiger partial charge in [-0.15, -0.1) is 0 Å². The molecule has 5 nitrogen and oxygen atoms in total. The summed E-state index contributed by atoms with van der Waals surface area (Å²) in [7, 11) is -4.52. The first-order valence-corrected chi connectivity index (χ1v) is 10.4. The SMILES string of the molecule is CC(C)CCCCCCCCCCCC(=O)CC(O)S(=O)(=O)O.[H-].[Na+]. The van der Waals surface area contributed by atoms with Crippen LogP contribution in [0.15, 0.2) is 0 Å². The molecule has 0 spiro atoms. The largest absolute Gasteiger partial charge is 1.00 e. The first-order chi connectivity index (χ1) is 10.7. The summed E-state index contributed by atoms with van der Waals surface area (Å²) in [5, 5.41) is 9.09. The van der Waals surface area contributed by atoms with Gasteiger partial charge in [-0.2, -0.15) is 8.42 Å². The van der Waals surface area contributed by atoms with Crippen LogP contribution >= 0.6 is 0 Å². The van der Waals surface area contributed by atoms with Gasteiger partial charge in [-0.1, -0.05) is 71.6 Å². The van der Waals surface area contributed by atoms with E-state index in [9.17, 15) is 13.2 Å². The van der Waals surface area contributed by atoms with E-state index >= 15 is 0 Å². The van der Waals surface area contributed by atoms with Crippen molar-refractivity contribution in [1.82, 2.24) is 0 Å². The van der Waals surface area contributed by atoms with E-state index in [-0.39, 0.29) is 43.2 Å². The van der Waals surface area contributed by atoms with Gasteiger partial charge in [0.05, 0.1) is 0 Å². The minimum absolute atomic E-state index is 0. The molecule has 0 amide bonds. The van der Waals surface area contributed by atoms with Gasteiger partial charge in [0.25, 0.3) is 10.1 Å². The van der Waals surface area contributed by atoms with Gasteiger partial charge in [0.15, 0.2) is 5.44 Å². The molecule has 0 radical (unpaired) electrons. The molecule has 140 valence electrons. The average Bonchev–Trinajstić information content (AvgIpc) is 2.43. The maximum absolute atomic E-state index is 11.4. The van der Waals surface area contributed by atoms with Gasteiger partial charge >= 0.3 is 29.6 Å². The van der Waals surface area contributed by atoms with Crippen molar-refractivity contribution in [3.63, 3.8) is 0 Å². The van der Waals surface area contributed by atoms with Crippen LogP contribution in [0.5, 0.6) is 0 Å². The van der Waals surface area contributed by atoms with Crippen LogP contribution in [0.4, 0.5) is 0 Å². The average molecular weight is 375 g/mol. The summed E-state index contributed by atoms with van der Waals surface area (Å²) < 4.78 is 29.8. The van der Waals surface area contributed by atoms with Crippen molar-refractivity contribution in [2.75, 3.05) is 0 Å². The van der Waals surface area contributed by atoms with Crippen molar-refractivity contribution in [2.24, 2.45) is 5.92 Å². The molecule has 1 unspecified atom stereocenters. The fourth-order valence-electron chi connectivity index (χ4n) is 2.51. The van der Waals surface area contributed by atoms with Gasteiger partial charge < -0.3 is 6.53 Å². The normalized spacial score (nSPS) is 12.9. The molecule has 0 aromatic rings. The zero-order valence-corrected chi connectivity index (χ0v) is 18.5. The number of carbonyl (C=O) groups excluding carboxylic acids is 1. The number of hydrogen-bond donors (Lipinski definition) is 2. The van der Waals surface area contributed by atoms with Gasteiger partial charge in [0.2, 0.25) is 0 Å². The number of aliphatic hydroxyl groups is 1. The van der Waals surface area contributed by atoms with Crippen LogP contribution < -0.4 is 29.6 Å². The third kappa shape index (κ3) is 17.4. The van der Waals surface area contributed by atoms with E-state index in [1.54, 1.807) is 0 Å². The number of carbonyl (C=O) groups is 1. The maximum atomic E-state index is 11.4. The first kappa shape index (κ1) is 26.8. The maximum Gasteiger partial charge on any atom is 1.00 e. The molecule has 0 aliphatic rings. The Balaban J connectivity index is -0.00000242. The standard InChI is InChI=1S/C17H34O5S.Na.H/c1-15(2)12-10-8-6-4-3-5-7-9-11-13-16(18)14-17(19)23(20,21)22;;/h15,17,19H,3-14H2,1-2H3,(H,20,21,22);;/q;+1;-1. The van der Waals surface area contributed by atoms with Crippen LogP contribution in [0.3, 0.4) is 0 Å². The molecule has 0 saturated heterocycles. The van der Waals surface area contributed by atoms with Gasteiger partial charge in [-0.05, 0) is 12.3 Å². The fraction of sp³-hybridized carbons (Fsp3) is 0.941. The van der Waals surface area contributed by atoms with Crippen molar-refractivity contribution in [2.45, 2.75) is 96.3 Å². The van der Waals surface area contributed by atoms with E-state index in [1.165, 1.54) is 44.9 Å². The Labute approximate surface area is 171 Å². The fourth-order valence-corrected chi connectivity index (χ4v) is 2.91. The molecule has 0 rings (SSSR count). The monoisotopic (exact) mass is 374 g/mol. The number of hydrogen-bond acceptors (Lipinski definition) is 4. The van der Waals surface area contributed by atoms with Crippen LogP contribution in [0.25, 0.3) is 0 Å². The molecule has 0 bridgehead atoms. The summed E-state index contributed by atoms with van der Waals surface area (Å²) in [4.78, 5) is 11.4. The van der Waals surface area contributed by atoms with E-state index in [1.807, 2.05) is 0 Å². The van der Waals surface area contributed by atoms with Crippen molar-refractivity contribution in [1.29, 1.82) is 0 Å². The van der Waals surface area contributed by atoms with E-state index in [2.05, 4.69) is 13.8 Å². The zero-order chi connectivity index (χ0) is 17.7. The molecular weight excluding hydrogens is 339 g/mol. The van der Waals surface area contributed by atoms with Crippen molar-refractivity contribution >= 4 is 15.9 Å². The molecule has 0 heterocycles. The Morgan fingerprint density at radius 3 is 1.75 bits per heavy atom. The summed E-state index contributed by atoms with van der Waals surface area (Å²) in [5.74, 6) is 0.483. The Morgan fingerprint density at radius 2 is 1.33 bits per heavy atom. The van der Waals surface area contributed by atoms with Gasteiger partial charge in [0.1, 0.15) is 5.78 Å². The molecule has 24 heavy (non-hydrogen) atoms. The third-order valence-electron chi connectivity index (χ3n) is 3.98. The minimum atomic E-state index is -4.52. The molecule has 0 aromatic carbocycles. The van der Waals surface area contributed by atoms with Crippen LogP contribution in [-0.2, 0) is 14.9 Å². The first-order valence-electron chi connectivity index (χ1n) is 8.89. The molecular formula is C17H35NaO5S. The quantitative estimate of drug-likeness (QED) is 0.255. The predicted octanol–water partition coefficient (Wildman–Crippen LogP) is 1.22. The van der Waals surface area contributed by atoms with Crippen LogP contribution in [-0.4, -0.2) is 29.3 Å². The molecule has 7 heteroatoms. The third-order valence-corrected chi connectivity index (χ3v) is 4.84. The number of ketones is 1. The van der Waals surface area contributed by atoms with Crippen LogP contribution in [0.1, 0.15) is 92.3 Å². The second kappa shape index (κ2) is 15.8. The summed E-state index contributed by atoms with van der Waals surface area (Å²) in [5.41, 5.74) is -1.98. The molecule has 0 aliphatic carbocycles. The van der Waals surface area contributed by atoms with E-state index in [4.69, 9.17) is 9.66 Å². The van der Waals surface area contributed by atoms with Crippen molar-refractivity contribution < 1.29 is 53.9 Å². The number of Topliss-reactive ketones (excluding diaryl/α,β-unsaturated/α-hetero) is 1. The predicted molar refractivity (Wildman–Crippen MR) is 93.9 cm³/mol. The van der Waals surface area contributed by atoms with Crippen molar-refractivity contribution in [3.8, 4) is 0 Å². The number of rotatable bonds is 15. The topological polar surface area (TPSA) is 91.7 Å². The summed E-state index contributed by atoms with van der Waals surface area (Å²) in [6.45, 7) is 4.52. The molecule has 0 saturated carbocycles. The molecule has 0 aromatic heterocycles. The molecule has 0 aliphatic heterocycles. The van der Waals surface area contributed by atoms with Crippen molar-refractivity contribution in [3.05, 3.63) is 0 Å². The number of aliphatic hydroxyl groups excluding tert-OH is 1. The van der Waals surface area contributed by atoms with Crippen LogP contribution in [0, 0.1) is 5.92 Å². The molecule has 0 fully saturated rings. The van der Waals surface area contributed by atoms with Crippen LogP contribution in [0.2, 0.25) is 0 Å².